The van der Waals surface area contributed by atoms with E-state index in [2.05, 4.69) is 25.9 Å². The van der Waals surface area contributed by atoms with Crippen LogP contribution in [0.1, 0.15) is 24.2 Å². The van der Waals surface area contributed by atoms with Crippen LogP contribution in [0, 0.1) is 6.92 Å². The Morgan fingerprint density at radius 2 is 2.15 bits per heavy atom. The Balaban J connectivity index is 2.21. The van der Waals surface area contributed by atoms with Crippen LogP contribution >= 0.6 is 15.9 Å². The first-order valence-electron chi connectivity index (χ1n) is 6.36. The molecule has 1 aromatic heterocycles. The number of hydrogen-bond donors (Lipinski definition) is 1. The molecule has 1 aromatic carbocycles. The van der Waals surface area contributed by atoms with E-state index >= 15 is 0 Å². The lowest BCUT2D eigenvalue weighted by atomic mass is 10.1. The van der Waals surface area contributed by atoms with Gasteiger partial charge < -0.3 is 5.11 Å². The van der Waals surface area contributed by atoms with Crippen LogP contribution in [0.3, 0.4) is 0 Å². The van der Waals surface area contributed by atoms with Gasteiger partial charge in [-0.2, -0.15) is 0 Å². The predicted octanol–water partition coefficient (Wildman–Crippen LogP) is 3.62. The molecule has 0 aliphatic heterocycles. The maximum atomic E-state index is 10.5. The first-order chi connectivity index (χ1) is 9.56. The topological polar surface area (TPSA) is 63.1 Å². The summed E-state index contributed by atoms with van der Waals surface area (Å²) in [4.78, 5) is 19.2. The van der Waals surface area contributed by atoms with Crippen LogP contribution in [0.5, 0.6) is 0 Å². The molecule has 2 aromatic rings. The van der Waals surface area contributed by atoms with Gasteiger partial charge in [0.05, 0.1) is 5.69 Å². The summed E-state index contributed by atoms with van der Waals surface area (Å²) in [6, 6.07) is 7.92. The van der Waals surface area contributed by atoms with Crippen molar-refractivity contribution in [2.45, 2.75) is 26.2 Å². The minimum Gasteiger partial charge on any atom is -0.481 e. The van der Waals surface area contributed by atoms with E-state index in [0.717, 1.165) is 21.3 Å². The summed E-state index contributed by atoms with van der Waals surface area (Å²) in [5, 5.41) is 8.64. The Morgan fingerprint density at radius 1 is 1.35 bits per heavy atom. The number of rotatable bonds is 5. The van der Waals surface area contributed by atoms with E-state index in [-0.39, 0.29) is 6.42 Å². The number of nitrogens with zero attached hydrogens (tertiary/aromatic N) is 2. The minimum absolute atomic E-state index is 0.142. The number of aliphatic carboxylic acids is 1. The molecule has 1 N–H and O–H groups in total. The highest BCUT2D eigenvalue weighted by molar-refractivity contribution is 9.10. The van der Waals surface area contributed by atoms with Crippen molar-refractivity contribution >= 4 is 21.9 Å². The van der Waals surface area contributed by atoms with Crippen molar-refractivity contribution in [3.8, 4) is 11.3 Å². The molecule has 4 nitrogen and oxygen atoms in total. The van der Waals surface area contributed by atoms with Gasteiger partial charge in [-0.15, -0.1) is 0 Å². The number of halogens is 1. The molecular weight excluding hydrogens is 320 g/mol. The summed E-state index contributed by atoms with van der Waals surface area (Å²) < 4.78 is 1.00. The van der Waals surface area contributed by atoms with Gasteiger partial charge >= 0.3 is 5.97 Å². The minimum atomic E-state index is -0.788. The summed E-state index contributed by atoms with van der Waals surface area (Å²) in [5.41, 5.74) is 3.06. The second kappa shape index (κ2) is 6.61. The van der Waals surface area contributed by atoms with Crippen LogP contribution in [-0.2, 0) is 11.2 Å². The molecule has 5 heteroatoms. The van der Waals surface area contributed by atoms with Crippen LogP contribution in [0.2, 0.25) is 0 Å². The summed E-state index contributed by atoms with van der Waals surface area (Å²) in [6.07, 6.45) is 2.99. The predicted molar refractivity (Wildman–Crippen MR) is 80.5 cm³/mol. The van der Waals surface area contributed by atoms with Gasteiger partial charge in [-0.25, -0.2) is 9.97 Å². The zero-order valence-corrected chi connectivity index (χ0v) is 12.7. The fraction of sp³-hybridized carbons (Fsp3) is 0.267. The standard InChI is InChI=1S/C15H15BrN2O2/c1-10-5-6-11(16)9-12(10)13-7-8-17-14(18-13)3-2-4-15(19)20/h5-9H,2-4H2,1H3,(H,19,20). The third-order valence-corrected chi connectivity index (χ3v) is 3.47. The molecule has 2 rings (SSSR count). The van der Waals surface area contributed by atoms with Gasteiger partial charge in [0.2, 0.25) is 0 Å². The van der Waals surface area contributed by atoms with Crippen LogP contribution in [0.15, 0.2) is 34.9 Å². The Morgan fingerprint density at radius 3 is 2.90 bits per heavy atom. The largest absolute Gasteiger partial charge is 0.481 e. The summed E-state index contributed by atoms with van der Waals surface area (Å²) in [5.74, 6) is -0.105. The van der Waals surface area contributed by atoms with E-state index in [1.807, 2.05) is 31.2 Å². The third-order valence-electron chi connectivity index (χ3n) is 2.97. The fourth-order valence-corrected chi connectivity index (χ4v) is 2.30. The average Bonchev–Trinajstić information content (AvgIpc) is 2.41. The average molecular weight is 335 g/mol. The van der Waals surface area contributed by atoms with Crippen molar-refractivity contribution in [3.63, 3.8) is 0 Å². The van der Waals surface area contributed by atoms with Crippen LogP contribution in [0.25, 0.3) is 11.3 Å². The number of benzene rings is 1. The molecule has 104 valence electrons. The second-order valence-corrected chi connectivity index (χ2v) is 5.48. The number of carboxylic acids is 1. The molecule has 0 amide bonds. The molecule has 0 atom stereocenters. The van der Waals surface area contributed by atoms with Gasteiger partial charge in [-0.1, -0.05) is 22.0 Å². The SMILES string of the molecule is Cc1ccc(Br)cc1-c1ccnc(CCCC(=O)O)n1. The lowest BCUT2D eigenvalue weighted by molar-refractivity contribution is -0.137. The maximum absolute atomic E-state index is 10.5. The van der Waals surface area contributed by atoms with Gasteiger partial charge in [0.1, 0.15) is 5.82 Å². The number of aromatic nitrogens is 2. The lowest BCUT2D eigenvalue weighted by Crippen LogP contribution is -2.00. The van der Waals surface area contributed by atoms with Crippen molar-refractivity contribution in [3.05, 3.63) is 46.3 Å². The quantitative estimate of drug-likeness (QED) is 0.906. The van der Waals surface area contributed by atoms with Crippen molar-refractivity contribution in [1.29, 1.82) is 0 Å². The van der Waals surface area contributed by atoms with Gasteiger partial charge in [-0.3, -0.25) is 4.79 Å². The number of aryl methyl sites for hydroxylation is 2. The summed E-state index contributed by atoms with van der Waals surface area (Å²) in [6.45, 7) is 2.04. The highest BCUT2D eigenvalue weighted by Gasteiger charge is 2.07. The highest BCUT2D eigenvalue weighted by atomic mass is 79.9. The molecule has 1 heterocycles. The molecule has 0 aliphatic rings. The van der Waals surface area contributed by atoms with Crippen molar-refractivity contribution < 1.29 is 9.90 Å². The molecular formula is C15H15BrN2O2. The van der Waals surface area contributed by atoms with Gasteiger partial charge in [0.15, 0.2) is 0 Å². The van der Waals surface area contributed by atoms with E-state index in [9.17, 15) is 4.79 Å². The number of carbonyl (C=O) groups is 1. The lowest BCUT2D eigenvalue weighted by Gasteiger charge is -2.07. The molecule has 0 aliphatic carbocycles. The first kappa shape index (κ1) is 14.7. The number of hydrogen-bond acceptors (Lipinski definition) is 3. The zero-order valence-electron chi connectivity index (χ0n) is 11.1. The van der Waals surface area contributed by atoms with E-state index in [0.29, 0.717) is 18.7 Å². The second-order valence-electron chi connectivity index (χ2n) is 4.56. The van der Waals surface area contributed by atoms with Gasteiger partial charge in [-0.05, 0) is 37.1 Å². The zero-order chi connectivity index (χ0) is 14.5. The van der Waals surface area contributed by atoms with E-state index < -0.39 is 5.97 Å². The Bertz CT molecular complexity index is 629. The third kappa shape index (κ3) is 3.87. The van der Waals surface area contributed by atoms with Crippen molar-refractivity contribution in [2.75, 3.05) is 0 Å². The monoisotopic (exact) mass is 334 g/mol. The normalized spacial score (nSPS) is 10.5. The summed E-state index contributed by atoms with van der Waals surface area (Å²) >= 11 is 3.46. The first-order valence-corrected chi connectivity index (χ1v) is 7.16. The maximum Gasteiger partial charge on any atom is 0.303 e. The molecule has 0 fully saturated rings. The smallest absolute Gasteiger partial charge is 0.303 e. The van der Waals surface area contributed by atoms with Gasteiger partial charge in [0.25, 0.3) is 0 Å². The fourth-order valence-electron chi connectivity index (χ4n) is 1.94. The van der Waals surface area contributed by atoms with Crippen LogP contribution in [-0.4, -0.2) is 21.0 Å². The van der Waals surface area contributed by atoms with Gasteiger partial charge in [0, 0.05) is 29.1 Å². The van der Waals surface area contributed by atoms with E-state index in [1.54, 1.807) is 6.20 Å². The van der Waals surface area contributed by atoms with E-state index in [4.69, 9.17) is 5.11 Å². The summed E-state index contributed by atoms with van der Waals surface area (Å²) in [7, 11) is 0. The Hall–Kier alpha value is -1.75. The molecule has 0 bridgehead atoms. The van der Waals surface area contributed by atoms with E-state index in [1.165, 1.54) is 0 Å². The molecule has 0 saturated heterocycles. The highest BCUT2D eigenvalue weighted by Crippen LogP contribution is 2.25. The molecule has 0 radical (unpaired) electrons. The molecule has 0 spiro atoms. The van der Waals surface area contributed by atoms with Crippen LogP contribution in [0.4, 0.5) is 0 Å². The Labute approximate surface area is 126 Å². The molecule has 0 saturated carbocycles. The molecule has 20 heavy (non-hydrogen) atoms. The van der Waals surface area contributed by atoms with Crippen LogP contribution < -0.4 is 0 Å². The number of carboxylic acid groups (broad SMARTS) is 1. The molecule has 0 unspecified atom stereocenters. The Kier molecular flexibility index (Phi) is 4.84. The van der Waals surface area contributed by atoms with Crippen molar-refractivity contribution in [2.24, 2.45) is 0 Å². The van der Waals surface area contributed by atoms with Crippen molar-refractivity contribution in [1.82, 2.24) is 9.97 Å².